The van der Waals surface area contributed by atoms with Crippen molar-refractivity contribution in [2.75, 3.05) is 23.7 Å². The first-order valence-corrected chi connectivity index (χ1v) is 11.4. The first-order chi connectivity index (χ1) is 15.8. The van der Waals surface area contributed by atoms with Crippen LogP contribution in [0.15, 0.2) is 48.5 Å². The molecule has 0 spiro atoms. The molecule has 0 radical (unpaired) electrons. The lowest BCUT2D eigenvalue weighted by atomic mass is 10.1. The first-order valence-electron chi connectivity index (χ1n) is 11.0. The van der Waals surface area contributed by atoms with Gasteiger partial charge in [0.25, 0.3) is 5.91 Å². The second-order valence-electron chi connectivity index (χ2n) is 8.55. The monoisotopic (exact) mass is 470 g/mol. The van der Waals surface area contributed by atoms with Gasteiger partial charge < -0.3 is 25.5 Å². The van der Waals surface area contributed by atoms with E-state index in [2.05, 4.69) is 10.6 Å². The number of likely N-dealkylation sites (tertiary alicyclic amines) is 2. The van der Waals surface area contributed by atoms with Crippen LogP contribution in [0.2, 0.25) is 5.02 Å². The van der Waals surface area contributed by atoms with Crippen LogP contribution in [0.25, 0.3) is 0 Å². The molecule has 4 amide bonds. The normalized spacial score (nSPS) is 22.3. The van der Waals surface area contributed by atoms with Gasteiger partial charge in [0.1, 0.15) is 6.04 Å². The fourth-order valence-corrected chi connectivity index (χ4v) is 4.46. The van der Waals surface area contributed by atoms with Gasteiger partial charge in [0.2, 0.25) is 5.91 Å². The number of nitrogens with zero attached hydrogens (tertiary/aromatic N) is 2. The summed E-state index contributed by atoms with van der Waals surface area (Å²) < 4.78 is 0. The van der Waals surface area contributed by atoms with Crippen molar-refractivity contribution >= 4 is 40.8 Å². The van der Waals surface area contributed by atoms with Gasteiger partial charge in [0.15, 0.2) is 0 Å². The smallest absolute Gasteiger partial charge is 0.322 e. The zero-order valence-electron chi connectivity index (χ0n) is 18.3. The highest BCUT2D eigenvalue weighted by Gasteiger charge is 2.39. The lowest BCUT2D eigenvalue weighted by Crippen LogP contribution is -2.45. The Morgan fingerprint density at radius 2 is 1.61 bits per heavy atom. The average Bonchev–Trinajstić information content (AvgIpc) is 3.41. The first kappa shape index (κ1) is 23.1. The van der Waals surface area contributed by atoms with E-state index >= 15 is 0 Å². The maximum absolute atomic E-state index is 12.9. The number of halogens is 1. The number of aliphatic hydroxyl groups is 1. The fourth-order valence-electron chi connectivity index (χ4n) is 4.34. The second kappa shape index (κ2) is 9.80. The Morgan fingerprint density at radius 3 is 2.24 bits per heavy atom. The van der Waals surface area contributed by atoms with Crippen LogP contribution in [0, 0.1) is 0 Å². The van der Waals surface area contributed by atoms with Gasteiger partial charge in [-0.1, -0.05) is 11.6 Å². The molecular weight excluding hydrogens is 444 g/mol. The van der Waals surface area contributed by atoms with Crippen molar-refractivity contribution in [3.05, 3.63) is 59.1 Å². The standard InChI is InChI=1S/C24H27ClN4O4/c1-15-3-2-12-28(15)23(32)16-4-8-18(9-5-16)26-22(31)21-13-20(30)14-29(21)24(33)27-19-10-6-17(25)7-11-19/h4-11,15,20-21,30H,2-3,12-14H2,1H3,(H,26,31)(H,27,33). The summed E-state index contributed by atoms with van der Waals surface area (Å²) in [4.78, 5) is 41.5. The van der Waals surface area contributed by atoms with E-state index in [-0.39, 0.29) is 24.9 Å². The highest BCUT2D eigenvalue weighted by Crippen LogP contribution is 2.23. The maximum atomic E-state index is 12.9. The van der Waals surface area contributed by atoms with Crippen molar-refractivity contribution in [3.8, 4) is 0 Å². The molecule has 3 N–H and O–H groups in total. The number of rotatable bonds is 4. The Kier molecular flexibility index (Phi) is 6.85. The number of amides is 4. The van der Waals surface area contributed by atoms with Crippen LogP contribution in [0.1, 0.15) is 36.5 Å². The summed E-state index contributed by atoms with van der Waals surface area (Å²) in [6.07, 6.45) is 1.37. The zero-order valence-corrected chi connectivity index (χ0v) is 19.1. The van der Waals surface area contributed by atoms with Crippen LogP contribution in [0.5, 0.6) is 0 Å². The van der Waals surface area contributed by atoms with E-state index in [9.17, 15) is 19.5 Å². The number of β-amino-alcohol motifs (C(OH)–C–C–N with tert-alkyl or cyclic N) is 1. The molecule has 33 heavy (non-hydrogen) atoms. The van der Waals surface area contributed by atoms with Gasteiger partial charge in [0, 0.05) is 47.5 Å². The molecule has 2 aromatic rings. The van der Waals surface area contributed by atoms with Crippen molar-refractivity contribution in [2.24, 2.45) is 0 Å². The molecule has 174 valence electrons. The molecule has 2 fully saturated rings. The number of anilines is 2. The predicted octanol–water partition coefficient (Wildman–Crippen LogP) is 3.57. The largest absolute Gasteiger partial charge is 0.391 e. The Labute approximate surface area is 197 Å². The van der Waals surface area contributed by atoms with Gasteiger partial charge in [-0.3, -0.25) is 9.59 Å². The zero-order chi connectivity index (χ0) is 23.5. The van der Waals surface area contributed by atoms with Crippen LogP contribution < -0.4 is 10.6 Å². The third-order valence-corrected chi connectivity index (χ3v) is 6.40. The number of hydrogen-bond donors (Lipinski definition) is 3. The second-order valence-corrected chi connectivity index (χ2v) is 8.99. The number of aliphatic hydroxyl groups excluding tert-OH is 1. The van der Waals surface area contributed by atoms with E-state index in [1.54, 1.807) is 48.5 Å². The van der Waals surface area contributed by atoms with E-state index < -0.39 is 24.1 Å². The van der Waals surface area contributed by atoms with Crippen LogP contribution in [-0.2, 0) is 4.79 Å². The molecule has 2 heterocycles. The summed E-state index contributed by atoms with van der Waals surface area (Å²) in [6.45, 7) is 2.86. The molecule has 0 aromatic heterocycles. The minimum Gasteiger partial charge on any atom is -0.391 e. The SMILES string of the molecule is CC1CCCN1C(=O)c1ccc(NC(=O)C2CC(O)CN2C(=O)Nc2ccc(Cl)cc2)cc1. The van der Waals surface area contributed by atoms with Gasteiger partial charge in [-0.05, 0) is 68.3 Å². The van der Waals surface area contributed by atoms with E-state index in [0.717, 1.165) is 19.4 Å². The van der Waals surface area contributed by atoms with E-state index in [1.165, 1.54) is 4.90 Å². The Balaban J connectivity index is 1.39. The summed E-state index contributed by atoms with van der Waals surface area (Å²) >= 11 is 5.87. The van der Waals surface area contributed by atoms with Crippen LogP contribution in [0.4, 0.5) is 16.2 Å². The predicted molar refractivity (Wildman–Crippen MR) is 126 cm³/mol. The summed E-state index contributed by atoms with van der Waals surface area (Å²) in [5, 5.41) is 16.2. The molecule has 4 rings (SSSR count). The Morgan fingerprint density at radius 1 is 0.970 bits per heavy atom. The topological polar surface area (TPSA) is 102 Å². The van der Waals surface area contributed by atoms with Gasteiger partial charge >= 0.3 is 6.03 Å². The third-order valence-electron chi connectivity index (χ3n) is 6.15. The van der Waals surface area contributed by atoms with Crippen LogP contribution in [-0.4, -0.2) is 64.0 Å². The maximum Gasteiger partial charge on any atom is 0.322 e. The molecule has 2 aliphatic heterocycles. The molecule has 8 nitrogen and oxygen atoms in total. The lowest BCUT2D eigenvalue weighted by Gasteiger charge is -2.24. The molecule has 2 saturated heterocycles. The van der Waals surface area contributed by atoms with Gasteiger partial charge in [-0.2, -0.15) is 0 Å². The van der Waals surface area contributed by atoms with E-state index in [4.69, 9.17) is 11.6 Å². The number of carbonyl (C=O) groups excluding carboxylic acids is 3. The number of urea groups is 1. The highest BCUT2D eigenvalue weighted by atomic mass is 35.5. The molecule has 2 aliphatic rings. The molecule has 3 unspecified atom stereocenters. The summed E-state index contributed by atoms with van der Waals surface area (Å²) in [7, 11) is 0. The van der Waals surface area contributed by atoms with Crippen molar-refractivity contribution in [1.82, 2.24) is 9.80 Å². The van der Waals surface area contributed by atoms with E-state index in [1.807, 2.05) is 11.8 Å². The molecule has 0 aliphatic carbocycles. The number of nitrogens with one attached hydrogen (secondary N) is 2. The number of benzene rings is 2. The molecule has 3 atom stereocenters. The van der Waals surface area contributed by atoms with Gasteiger partial charge in [-0.15, -0.1) is 0 Å². The summed E-state index contributed by atoms with van der Waals surface area (Å²) in [6, 6.07) is 12.3. The quantitative estimate of drug-likeness (QED) is 0.635. The molecule has 2 aromatic carbocycles. The molecule has 9 heteroatoms. The lowest BCUT2D eigenvalue weighted by molar-refractivity contribution is -0.119. The van der Waals surface area contributed by atoms with Crippen LogP contribution in [0.3, 0.4) is 0 Å². The Bertz CT molecular complexity index is 1030. The average molecular weight is 471 g/mol. The third kappa shape index (κ3) is 5.29. The Hall–Kier alpha value is -3.10. The molecular formula is C24H27ClN4O4. The van der Waals surface area contributed by atoms with Crippen molar-refractivity contribution < 1.29 is 19.5 Å². The van der Waals surface area contributed by atoms with Crippen molar-refractivity contribution in [1.29, 1.82) is 0 Å². The molecule has 0 bridgehead atoms. The van der Waals surface area contributed by atoms with Gasteiger partial charge in [0.05, 0.1) is 6.10 Å². The van der Waals surface area contributed by atoms with Crippen molar-refractivity contribution in [3.63, 3.8) is 0 Å². The highest BCUT2D eigenvalue weighted by molar-refractivity contribution is 6.30. The number of hydrogen-bond acceptors (Lipinski definition) is 4. The minimum atomic E-state index is -0.820. The minimum absolute atomic E-state index is 0.0122. The molecule has 0 saturated carbocycles. The van der Waals surface area contributed by atoms with E-state index in [0.29, 0.717) is 22.0 Å². The fraction of sp³-hybridized carbons (Fsp3) is 0.375. The number of carbonyl (C=O) groups is 3. The van der Waals surface area contributed by atoms with Crippen LogP contribution >= 0.6 is 11.6 Å². The summed E-state index contributed by atoms with van der Waals surface area (Å²) in [5.74, 6) is -0.410. The van der Waals surface area contributed by atoms with Crippen molar-refractivity contribution in [2.45, 2.75) is 44.4 Å². The summed E-state index contributed by atoms with van der Waals surface area (Å²) in [5.41, 5.74) is 1.63. The van der Waals surface area contributed by atoms with Gasteiger partial charge in [-0.25, -0.2) is 4.79 Å².